The molecule has 3 aromatic carbocycles. The quantitative estimate of drug-likeness (QED) is 0.399. The van der Waals surface area contributed by atoms with Gasteiger partial charge < -0.3 is 10.6 Å². The molecule has 0 saturated carbocycles. The summed E-state index contributed by atoms with van der Waals surface area (Å²) in [5, 5.41) is 6.00. The predicted octanol–water partition coefficient (Wildman–Crippen LogP) is 5.51. The molecular formula is C26H27IN2O2. The second-order valence-corrected chi connectivity index (χ2v) is 9.18. The minimum Gasteiger partial charge on any atom is -0.343 e. The van der Waals surface area contributed by atoms with Crippen LogP contribution in [-0.4, -0.2) is 17.9 Å². The Balaban J connectivity index is 1.84. The van der Waals surface area contributed by atoms with Crippen molar-refractivity contribution in [3.63, 3.8) is 0 Å². The minimum atomic E-state index is -0.652. The first kappa shape index (κ1) is 23.0. The highest BCUT2D eigenvalue weighted by Gasteiger charge is 2.29. The summed E-state index contributed by atoms with van der Waals surface area (Å²) in [6.45, 7) is 5.83. The van der Waals surface area contributed by atoms with Gasteiger partial charge >= 0.3 is 0 Å². The molecule has 0 aliphatic rings. The maximum absolute atomic E-state index is 13.4. The number of hydrogen-bond acceptors (Lipinski definition) is 2. The van der Waals surface area contributed by atoms with Crippen LogP contribution in [0.2, 0.25) is 0 Å². The standard InChI is InChI=1S/C26H27IN2O2/c1-17(2)24(26(31)28-22-15-14-21(27)16-18(22)3)29-25(30)23(19-10-6-4-7-11-19)20-12-8-5-9-13-20/h4-17,23-24H,1-3H3,(H,28,31)(H,29,30)/t24-/m1/s1. The molecule has 0 aliphatic heterocycles. The molecule has 0 aliphatic carbocycles. The van der Waals surface area contributed by atoms with Crippen molar-refractivity contribution in [2.45, 2.75) is 32.7 Å². The molecule has 0 unspecified atom stereocenters. The van der Waals surface area contributed by atoms with Crippen molar-refractivity contribution in [1.82, 2.24) is 5.32 Å². The zero-order chi connectivity index (χ0) is 22.4. The molecule has 0 saturated heterocycles. The number of amides is 2. The lowest BCUT2D eigenvalue weighted by Crippen LogP contribution is -2.48. The van der Waals surface area contributed by atoms with Crippen LogP contribution >= 0.6 is 22.6 Å². The molecule has 0 spiro atoms. The molecule has 1 atom stereocenters. The fraction of sp³-hybridized carbons (Fsp3) is 0.231. The van der Waals surface area contributed by atoms with Crippen LogP contribution in [0, 0.1) is 16.4 Å². The summed E-state index contributed by atoms with van der Waals surface area (Å²) in [5.74, 6) is -0.963. The summed E-state index contributed by atoms with van der Waals surface area (Å²) in [6, 6.07) is 24.5. The summed E-state index contributed by atoms with van der Waals surface area (Å²) < 4.78 is 1.11. The first-order valence-corrected chi connectivity index (χ1v) is 11.4. The smallest absolute Gasteiger partial charge is 0.247 e. The van der Waals surface area contributed by atoms with Gasteiger partial charge in [-0.3, -0.25) is 9.59 Å². The summed E-state index contributed by atoms with van der Waals surface area (Å²) in [7, 11) is 0. The van der Waals surface area contributed by atoms with Gasteiger partial charge in [0.05, 0.1) is 5.92 Å². The van der Waals surface area contributed by atoms with Crippen molar-refractivity contribution in [2.24, 2.45) is 5.92 Å². The first-order valence-electron chi connectivity index (χ1n) is 10.3. The molecule has 3 aromatic rings. The highest BCUT2D eigenvalue weighted by atomic mass is 127. The van der Waals surface area contributed by atoms with Gasteiger partial charge in [0.1, 0.15) is 6.04 Å². The molecule has 160 valence electrons. The van der Waals surface area contributed by atoms with E-state index in [2.05, 4.69) is 33.2 Å². The fourth-order valence-corrected chi connectivity index (χ4v) is 4.18. The van der Waals surface area contributed by atoms with Gasteiger partial charge in [0.25, 0.3) is 0 Å². The third kappa shape index (κ3) is 5.94. The van der Waals surface area contributed by atoms with E-state index in [1.54, 1.807) is 0 Å². The lowest BCUT2D eigenvalue weighted by molar-refractivity contribution is -0.127. The average Bonchev–Trinajstić information content (AvgIpc) is 2.75. The Morgan fingerprint density at radius 2 is 1.35 bits per heavy atom. The van der Waals surface area contributed by atoms with Crippen LogP contribution in [0.25, 0.3) is 0 Å². The largest absolute Gasteiger partial charge is 0.343 e. The number of benzene rings is 3. The first-order chi connectivity index (χ1) is 14.9. The van der Waals surface area contributed by atoms with E-state index in [9.17, 15) is 9.59 Å². The second kappa shape index (κ2) is 10.6. The molecule has 0 bridgehead atoms. The van der Waals surface area contributed by atoms with Crippen molar-refractivity contribution in [1.29, 1.82) is 0 Å². The highest BCUT2D eigenvalue weighted by molar-refractivity contribution is 14.1. The van der Waals surface area contributed by atoms with Crippen LogP contribution in [-0.2, 0) is 9.59 Å². The van der Waals surface area contributed by atoms with Gasteiger partial charge in [-0.25, -0.2) is 0 Å². The molecular weight excluding hydrogens is 499 g/mol. The van der Waals surface area contributed by atoms with E-state index in [1.807, 2.05) is 99.6 Å². The average molecular weight is 526 g/mol. The van der Waals surface area contributed by atoms with Gasteiger partial charge in [-0.1, -0.05) is 74.5 Å². The van der Waals surface area contributed by atoms with Crippen LogP contribution in [0.3, 0.4) is 0 Å². The van der Waals surface area contributed by atoms with Crippen LogP contribution < -0.4 is 10.6 Å². The van der Waals surface area contributed by atoms with Crippen LogP contribution in [0.4, 0.5) is 5.69 Å². The van der Waals surface area contributed by atoms with E-state index >= 15 is 0 Å². The van der Waals surface area contributed by atoms with E-state index in [-0.39, 0.29) is 17.7 Å². The molecule has 3 rings (SSSR count). The van der Waals surface area contributed by atoms with Crippen LogP contribution in [0.15, 0.2) is 78.9 Å². The zero-order valence-corrected chi connectivity index (χ0v) is 20.1. The van der Waals surface area contributed by atoms with Crippen molar-refractivity contribution in [3.8, 4) is 0 Å². The van der Waals surface area contributed by atoms with Gasteiger partial charge in [0, 0.05) is 9.26 Å². The number of carbonyl (C=O) groups excluding carboxylic acids is 2. The Hall–Kier alpha value is -2.67. The van der Waals surface area contributed by atoms with Gasteiger partial charge in [0.2, 0.25) is 11.8 Å². The molecule has 0 heterocycles. The van der Waals surface area contributed by atoms with Gasteiger partial charge in [-0.05, 0) is 70.3 Å². The van der Waals surface area contributed by atoms with E-state index < -0.39 is 12.0 Å². The normalized spacial score (nSPS) is 11.9. The van der Waals surface area contributed by atoms with Crippen molar-refractivity contribution in [3.05, 3.63) is 99.1 Å². The number of hydrogen-bond donors (Lipinski definition) is 2. The second-order valence-electron chi connectivity index (χ2n) is 7.93. The Morgan fingerprint density at radius 3 is 1.84 bits per heavy atom. The lowest BCUT2D eigenvalue weighted by atomic mass is 9.89. The Morgan fingerprint density at radius 1 is 0.806 bits per heavy atom. The van der Waals surface area contributed by atoms with E-state index in [0.29, 0.717) is 0 Å². The summed E-state index contributed by atoms with van der Waals surface area (Å²) in [4.78, 5) is 26.5. The topological polar surface area (TPSA) is 58.2 Å². The van der Waals surface area contributed by atoms with Gasteiger partial charge in [-0.2, -0.15) is 0 Å². The number of rotatable bonds is 7. The molecule has 2 N–H and O–H groups in total. The SMILES string of the molecule is Cc1cc(I)ccc1NC(=O)[C@H](NC(=O)C(c1ccccc1)c1ccccc1)C(C)C. The maximum atomic E-state index is 13.4. The van der Waals surface area contributed by atoms with Crippen LogP contribution in [0.1, 0.15) is 36.5 Å². The monoisotopic (exact) mass is 526 g/mol. The van der Waals surface area contributed by atoms with Gasteiger partial charge in [0.15, 0.2) is 0 Å². The third-order valence-electron chi connectivity index (χ3n) is 5.22. The molecule has 31 heavy (non-hydrogen) atoms. The van der Waals surface area contributed by atoms with E-state index in [4.69, 9.17) is 0 Å². The van der Waals surface area contributed by atoms with Crippen molar-refractivity contribution in [2.75, 3.05) is 5.32 Å². The lowest BCUT2D eigenvalue weighted by Gasteiger charge is -2.25. The molecule has 4 nitrogen and oxygen atoms in total. The van der Waals surface area contributed by atoms with E-state index in [1.165, 1.54) is 0 Å². The molecule has 5 heteroatoms. The number of carbonyl (C=O) groups is 2. The Kier molecular flexibility index (Phi) is 7.85. The van der Waals surface area contributed by atoms with E-state index in [0.717, 1.165) is 25.9 Å². The molecule has 0 radical (unpaired) electrons. The number of aryl methyl sites for hydroxylation is 1. The third-order valence-corrected chi connectivity index (χ3v) is 5.89. The molecule has 0 fully saturated rings. The highest BCUT2D eigenvalue weighted by Crippen LogP contribution is 2.25. The van der Waals surface area contributed by atoms with Crippen molar-refractivity contribution >= 4 is 40.1 Å². The Bertz CT molecular complexity index is 996. The Labute approximate surface area is 197 Å². The predicted molar refractivity (Wildman–Crippen MR) is 134 cm³/mol. The number of nitrogens with one attached hydrogen (secondary N) is 2. The summed E-state index contributed by atoms with van der Waals surface area (Å²) >= 11 is 2.24. The number of halogens is 1. The fourth-order valence-electron chi connectivity index (χ4n) is 3.54. The van der Waals surface area contributed by atoms with Crippen molar-refractivity contribution < 1.29 is 9.59 Å². The zero-order valence-electron chi connectivity index (χ0n) is 17.9. The minimum absolute atomic E-state index is 0.0692. The molecule has 2 amide bonds. The molecule has 0 aromatic heterocycles. The van der Waals surface area contributed by atoms with Gasteiger partial charge in [-0.15, -0.1) is 0 Å². The summed E-state index contributed by atoms with van der Waals surface area (Å²) in [5.41, 5.74) is 3.53. The maximum Gasteiger partial charge on any atom is 0.247 e. The number of anilines is 1. The van der Waals surface area contributed by atoms with Crippen LogP contribution in [0.5, 0.6) is 0 Å². The summed E-state index contributed by atoms with van der Waals surface area (Å²) in [6.07, 6.45) is 0.